The van der Waals surface area contributed by atoms with E-state index in [0.29, 0.717) is 0 Å². The van der Waals surface area contributed by atoms with Gasteiger partial charge in [-0.25, -0.2) is 0 Å². The van der Waals surface area contributed by atoms with E-state index in [9.17, 15) is 5.11 Å². The Morgan fingerprint density at radius 1 is 1.28 bits per heavy atom. The first-order chi connectivity index (χ1) is 8.61. The highest BCUT2D eigenvalue weighted by Gasteiger charge is 2.39. The molecule has 0 amide bonds. The predicted octanol–water partition coefficient (Wildman–Crippen LogP) is 2.93. The van der Waals surface area contributed by atoms with Crippen LogP contribution in [0.2, 0.25) is 0 Å². The van der Waals surface area contributed by atoms with Gasteiger partial charge in [0.25, 0.3) is 0 Å². The van der Waals surface area contributed by atoms with Crippen LogP contribution in [0.1, 0.15) is 25.3 Å². The average molecular weight is 265 g/mol. The normalized spacial score (nSPS) is 18.6. The summed E-state index contributed by atoms with van der Waals surface area (Å²) >= 11 is 1.90. The van der Waals surface area contributed by atoms with E-state index in [2.05, 4.69) is 43.0 Å². The van der Waals surface area contributed by atoms with Crippen LogP contribution in [0.15, 0.2) is 29.2 Å². The van der Waals surface area contributed by atoms with Crippen molar-refractivity contribution in [3.63, 3.8) is 0 Å². The fourth-order valence-electron chi connectivity index (χ4n) is 2.49. The highest BCUT2D eigenvalue weighted by Crippen LogP contribution is 2.26. The molecule has 1 aliphatic rings. The molecule has 1 saturated heterocycles. The number of nitrogens with zero attached hydrogens (tertiary/aromatic N) is 1. The number of aliphatic hydroxyl groups is 1. The van der Waals surface area contributed by atoms with Crippen molar-refractivity contribution in [2.24, 2.45) is 0 Å². The summed E-state index contributed by atoms with van der Waals surface area (Å²) in [6, 6.07) is 8.69. The smallest absolute Gasteiger partial charge is 0.0900 e. The Morgan fingerprint density at radius 2 is 1.94 bits per heavy atom. The molecule has 0 spiro atoms. The van der Waals surface area contributed by atoms with Gasteiger partial charge in [-0.05, 0) is 25.5 Å². The third kappa shape index (κ3) is 3.74. The van der Waals surface area contributed by atoms with E-state index >= 15 is 0 Å². The van der Waals surface area contributed by atoms with Crippen LogP contribution >= 0.6 is 11.8 Å². The summed E-state index contributed by atoms with van der Waals surface area (Å²) in [7, 11) is 0. The van der Waals surface area contributed by atoms with Crippen LogP contribution in [0.4, 0.5) is 0 Å². The molecule has 2 nitrogen and oxygen atoms in total. The minimum atomic E-state index is -0.386. The minimum Gasteiger partial charge on any atom is -0.387 e. The first-order valence-electron chi connectivity index (χ1n) is 6.75. The van der Waals surface area contributed by atoms with Gasteiger partial charge in [0.05, 0.1) is 5.60 Å². The summed E-state index contributed by atoms with van der Waals surface area (Å²) in [4.78, 5) is 3.68. The lowest BCUT2D eigenvalue weighted by atomic mass is 9.89. The van der Waals surface area contributed by atoms with Crippen LogP contribution in [0, 0.1) is 6.92 Å². The fourth-order valence-corrected chi connectivity index (χ4v) is 3.41. The predicted molar refractivity (Wildman–Crippen MR) is 78.2 cm³/mol. The number of rotatable bonds is 6. The van der Waals surface area contributed by atoms with Crippen LogP contribution in [-0.4, -0.2) is 41.0 Å². The van der Waals surface area contributed by atoms with E-state index in [0.717, 1.165) is 38.2 Å². The number of β-amino-alcohol motifs (C(OH)–C–C–N with tert-alkyl or cyclic N) is 1. The van der Waals surface area contributed by atoms with E-state index < -0.39 is 0 Å². The quantitative estimate of drug-likeness (QED) is 0.800. The van der Waals surface area contributed by atoms with Crippen molar-refractivity contribution in [3.8, 4) is 0 Å². The van der Waals surface area contributed by atoms with Gasteiger partial charge in [0.2, 0.25) is 0 Å². The van der Waals surface area contributed by atoms with Crippen LogP contribution in [0.25, 0.3) is 0 Å². The zero-order valence-corrected chi connectivity index (χ0v) is 12.2. The van der Waals surface area contributed by atoms with Crippen molar-refractivity contribution in [2.75, 3.05) is 25.4 Å². The van der Waals surface area contributed by atoms with E-state index in [1.807, 2.05) is 11.8 Å². The molecule has 0 radical (unpaired) electrons. The summed E-state index contributed by atoms with van der Waals surface area (Å²) in [5.41, 5.74) is 0.926. The van der Waals surface area contributed by atoms with Crippen LogP contribution < -0.4 is 0 Å². The molecule has 1 fully saturated rings. The Morgan fingerprint density at radius 3 is 2.56 bits per heavy atom. The molecule has 1 aliphatic heterocycles. The molecule has 3 heteroatoms. The lowest BCUT2D eigenvalue weighted by Gasteiger charge is -2.46. The van der Waals surface area contributed by atoms with E-state index in [-0.39, 0.29) is 5.60 Å². The summed E-state index contributed by atoms with van der Waals surface area (Å²) in [6.07, 6.45) is 2.01. The van der Waals surface area contributed by atoms with Crippen molar-refractivity contribution < 1.29 is 5.11 Å². The molecule has 0 bridgehead atoms. The van der Waals surface area contributed by atoms with Gasteiger partial charge >= 0.3 is 0 Å². The minimum absolute atomic E-state index is 0.386. The topological polar surface area (TPSA) is 23.5 Å². The third-order valence-electron chi connectivity index (χ3n) is 3.45. The highest BCUT2D eigenvalue weighted by atomic mass is 32.2. The van der Waals surface area contributed by atoms with E-state index in [1.54, 1.807) is 0 Å². The number of aryl methyl sites for hydroxylation is 1. The molecule has 0 saturated carbocycles. The first-order valence-corrected chi connectivity index (χ1v) is 7.74. The molecule has 2 rings (SSSR count). The van der Waals surface area contributed by atoms with Gasteiger partial charge < -0.3 is 5.11 Å². The first kappa shape index (κ1) is 13.9. The molecule has 1 N–H and O–H groups in total. The second kappa shape index (κ2) is 6.09. The van der Waals surface area contributed by atoms with Crippen LogP contribution in [-0.2, 0) is 0 Å². The lowest BCUT2D eigenvalue weighted by Crippen LogP contribution is -2.61. The maximum absolute atomic E-state index is 10.1. The van der Waals surface area contributed by atoms with Crippen molar-refractivity contribution in [3.05, 3.63) is 29.8 Å². The van der Waals surface area contributed by atoms with Crippen molar-refractivity contribution in [2.45, 2.75) is 37.2 Å². The van der Waals surface area contributed by atoms with Gasteiger partial charge in [-0.1, -0.05) is 31.0 Å². The van der Waals surface area contributed by atoms with E-state index in [1.165, 1.54) is 10.5 Å². The maximum Gasteiger partial charge on any atom is 0.0900 e. The van der Waals surface area contributed by atoms with Crippen LogP contribution in [0.5, 0.6) is 0 Å². The molecule has 18 heavy (non-hydrogen) atoms. The summed E-state index contributed by atoms with van der Waals surface area (Å²) in [5.74, 6) is 1.10. The highest BCUT2D eigenvalue weighted by molar-refractivity contribution is 7.99. The Balaban J connectivity index is 1.64. The standard InChI is InChI=1S/C15H23NOS/c1-3-8-15(17)11-16(12-15)9-10-18-14-6-4-13(2)5-7-14/h4-7,17H,3,8-12H2,1-2H3. The lowest BCUT2D eigenvalue weighted by molar-refractivity contribution is -0.0999. The third-order valence-corrected chi connectivity index (χ3v) is 4.44. The SMILES string of the molecule is CCCC1(O)CN(CCSc2ccc(C)cc2)C1. The second-order valence-corrected chi connectivity index (χ2v) is 6.51. The number of thioether (sulfide) groups is 1. The Labute approximate surface area is 114 Å². The zero-order valence-electron chi connectivity index (χ0n) is 11.4. The Bertz CT molecular complexity index is 371. The molecule has 0 aliphatic carbocycles. The average Bonchev–Trinajstić information content (AvgIpc) is 2.30. The largest absolute Gasteiger partial charge is 0.387 e. The molecule has 0 aromatic heterocycles. The van der Waals surface area contributed by atoms with Crippen molar-refractivity contribution >= 4 is 11.8 Å². The number of likely N-dealkylation sites (tertiary alicyclic amines) is 1. The molecular weight excluding hydrogens is 242 g/mol. The van der Waals surface area contributed by atoms with E-state index in [4.69, 9.17) is 0 Å². The fraction of sp³-hybridized carbons (Fsp3) is 0.600. The van der Waals surface area contributed by atoms with Gasteiger partial charge in [0.1, 0.15) is 0 Å². The van der Waals surface area contributed by atoms with Crippen molar-refractivity contribution in [1.29, 1.82) is 0 Å². The molecule has 100 valence electrons. The molecule has 1 aromatic rings. The number of benzene rings is 1. The van der Waals surface area contributed by atoms with Gasteiger partial charge in [-0.15, -0.1) is 11.8 Å². The molecule has 0 atom stereocenters. The van der Waals surface area contributed by atoms with Gasteiger partial charge in [0, 0.05) is 30.3 Å². The maximum atomic E-state index is 10.1. The monoisotopic (exact) mass is 265 g/mol. The number of hydrogen-bond donors (Lipinski definition) is 1. The zero-order chi connectivity index (χ0) is 13.0. The van der Waals surface area contributed by atoms with Gasteiger partial charge in [-0.2, -0.15) is 0 Å². The molecule has 1 heterocycles. The van der Waals surface area contributed by atoms with Gasteiger partial charge in [-0.3, -0.25) is 4.90 Å². The van der Waals surface area contributed by atoms with Gasteiger partial charge in [0.15, 0.2) is 0 Å². The number of hydrogen-bond acceptors (Lipinski definition) is 3. The van der Waals surface area contributed by atoms with Crippen molar-refractivity contribution in [1.82, 2.24) is 4.90 Å². The Hall–Kier alpha value is -0.510. The second-order valence-electron chi connectivity index (χ2n) is 5.35. The summed E-state index contributed by atoms with van der Waals surface area (Å²) in [5, 5.41) is 10.1. The molecular formula is C15H23NOS. The Kier molecular flexibility index (Phi) is 4.71. The summed E-state index contributed by atoms with van der Waals surface area (Å²) < 4.78 is 0. The van der Waals surface area contributed by atoms with Crippen LogP contribution in [0.3, 0.4) is 0 Å². The molecule has 0 unspecified atom stereocenters. The molecule has 1 aromatic carbocycles. The summed E-state index contributed by atoms with van der Waals surface area (Å²) in [6.45, 7) is 7.03.